The van der Waals surface area contributed by atoms with Gasteiger partial charge in [-0.2, -0.15) is 0 Å². The van der Waals surface area contributed by atoms with Gasteiger partial charge in [0.25, 0.3) is 5.91 Å². The number of aromatic nitrogens is 1. The second-order valence-electron chi connectivity index (χ2n) is 7.39. The maximum Gasteiger partial charge on any atom is 0.322 e. The molecule has 0 radical (unpaired) electrons. The molecule has 0 aliphatic carbocycles. The molecular weight excluding hydrogens is 410 g/mol. The summed E-state index contributed by atoms with van der Waals surface area (Å²) in [6.45, 7) is 4.45. The zero-order valence-corrected chi connectivity index (χ0v) is 18.2. The first-order chi connectivity index (χ1) is 15.0. The molecule has 0 spiro atoms. The third kappa shape index (κ3) is 4.41. The van der Waals surface area contributed by atoms with Gasteiger partial charge in [0, 0.05) is 27.7 Å². The molecule has 3 aromatic rings. The first-order valence-electron chi connectivity index (χ1n) is 10.0. The molecule has 1 aliphatic heterocycles. The lowest BCUT2D eigenvalue weighted by Gasteiger charge is -2.26. The third-order valence-corrected chi connectivity index (χ3v) is 6.31. The zero-order chi connectivity index (χ0) is 21.8. The topological polar surface area (TPSA) is 80.3 Å². The Morgan fingerprint density at radius 2 is 1.90 bits per heavy atom. The number of nitrogens with one attached hydrogen (secondary N) is 2. The molecular formula is C24H23N3O3S. The van der Waals surface area contributed by atoms with Gasteiger partial charge < -0.3 is 10.1 Å². The van der Waals surface area contributed by atoms with Crippen LogP contribution in [0.4, 0.5) is 4.79 Å². The van der Waals surface area contributed by atoms with Crippen molar-refractivity contribution in [1.29, 1.82) is 0 Å². The number of carbonyl (C=O) groups excluding carboxylic acids is 2. The van der Waals surface area contributed by atoms with Gasteiger partial charge in [0.05, 0.1) is 0 Å². The number of aryl methyl sites for hydroxylation is 1. The lowest BCUT2D eigenvalue weighted by atomic mass is 9.88. The number of carbonyl (C=O) groups is 2. The molecule has 2 aromatic carbocycles. The summed E-state index contributed by atoms with van der Waals surface area (Å²) in [6.07, 6.45) is 3.79. The molecule has 1 saturated heterocycles. The van der Waals surface area contributed by atoms with Gasteiger partial charge in [-0.15, -0.1) is 0 Å². The SMILES string of the molecule is CCC1(c2ccncc2Sc2ccc(OCc3cccc(C)c3)cc2)NC(=O)NC1=O. The van der Waals surface area contributed by atoms with E-state index in [0.717, 1.165) is 26.7 Å². The van der Waals surface area contributed by atoms with Crippen LogP contribution in [0.3, 0.4) is 0 Å². The molecule has 7 heteroatoms. The molecule has 6 nitrogen and oxygen atoms in total. The molecule has 1 aliphatic rings. The van der Waals surface area contributed by atoms with Crippen molar-refractivity contribution in [3.63, 3.8) is 0 Å². The number of urea groups is 1. The van der Waals surface area contributed by atoms with Crippen molar-refractivity contribution in [2.45, 2.75) is 42.2 Å². The largest absolute Gasteiger partial charge is 0.489 e. The molecule has 4 rings (SSSR count). The number of ether oxygens (including phenoxy) is 1. The van der Waals surface area contributed by atoms with Gasteiger partial charge in [0.15, 0.2) is 0 Å². The average molecular weight is 434 g/mol. The van der Waals surface area contributed by atoms with Crippen molar-refractivity contribution >= 4 is 23.7 Å². The molecule has 1 aromatic heterocycles. The standard InChI is InChI=1S/C24H23N3O3S/c1-3-24(22(28)26-23(29)27-24)20-11-12-25-14-21(20)31-19-9-7-18(8-10-19)30-15-17-6-4-5-16(2)13-17/h4-14H,3,15H2,1-2H3,(H2,26,27,28,29). The van der Waals surface area contributed by atoms with E-state index in [0.29, 0.717) is 13.0 Å². The van der Waals surface area contributed by atoms with Gasteiger partial charge in [-0.25, -0.2) is 4.79 Å². The maximum absolute atomic E-state index is 12.6. The Labute approximate surface area is 185 Å². The minimum absolute atomic E-state index is 0.340. The summed E-state index contributed by atoms with van der Waals surface area (Å²) in [5.41, 5.74) is 1.98. The Kier molecular flexibility index (Phi) is 5.95. The fraction of sp³-hybridized carbons (Fsp3) is 0.208. The highest BCUT2D eigenvalue weighted by Crippen LogP contribution is 2.38. The van der Waals surface area contributed by atoms with E-state index in [1.165, 1.54) is 17.3 Å². The van der Waals surface area contributed by atoms with E-state index >= 15 is 0 Å². The number of nitrogens with zero attached hydrogens (tertiary/aromatic N) is 1. The van der Waals surface area contributed by atoms with Crippen LogP contribution in [0.5, 0.6) is 5.75 Å². The molecule has 0 bridgehead atoms. The molecule has 2 heterocycles. The molecule has 158 valence electrons. The quantitative estimate of drug-likeness (QED) is 0.534. The Morgan fingerprint density at radius 1 is 1.10 bits per heavy atom. The van der Waals surface area contributed by atoms with Crippen molar-refractivity contribution in [2.24, 2.45) is 0 Å². The summed E-state index contributed by atoms with van der Waals surface area (Å²) in [4.78, 5) is 30.4. The van der Waals surface area contributed by atoms with E-state index in [1.54, 1.807) is 18.5 Å². The molecule has 2 N–H and O–H groups in total. The van der Waals surface area contributed by atoms with Crippen LogP contribution in [0.15, 0.2) is 76.8 Å². The maximum atomic E-state index is 12.6. The second kappa shape index (κ2) is 8.81. The summed E-state index contributed by atoms with van der Waals surface area (Å²) in [6, 6.07) is 17.3. The molecule has 31 heavy (non-hydrogen) atoms. The lowest BCUT2D eigenvalue weighted by molar-refractivity contribution is -0.124. The monoisotopic (exact) mass is 433 g/mol. The van der Waals surface area contributed by atoms with Crippen LogP contribution < -0.4 is 15.4 Å². The zero-order valence-electron chi connectivity index (χ0n) is 17.3. The van der Waals surface area contributed by atoms with Gasteiger partial charge >= 0.3 is 6.03 Å². The lowest BCUT2D eigenvalue weighted by Crippen LogP contribution is -2.43. The van der Waals surface area contributed by atoms with Crippen LogP contribution in [0, 0.1) is 6.92 Å². The van der Waals surface area contributed by atoms with Crippen LogP contribution in [-0.2, 0) is 16.9 Å². The van der Waals surface area contributed by atoms with Crippen molar-refractivity contribution in [3.05, 3.63) is 83.7 Å². The molecule has 0 saturated carbocycles. The number of hydrogen-bond donors (Lipinski definition) is 2. The summed E-state index contributed by atoms with van der Waals surface area (Å²) < 4.78 is 5.89. The first kappa shape index (κ1) is 20.9. The van der Waals surface area contributed by atoms with Crippen LogP contribution in [0.2, 0.25) is 0 Å². The number of imide groups is 1. The minimum atomic E-state index is -1.08. The van der Waals surface area contributed by atoms with Crippen LogP contribution in [-0.4, -0.2) is 16.9 Å². The van der Waals surface area contributed by atoms with Gasteiger partial charge in [-0.3, -0.25) is 15.1 Å². The summed E-state index contributed by atoms with van der Waals surface area (Å²) in [5, 5.41) is 5.15. The van der Waals surface area contributed by atoms with Crippen LogP contribution in [0.25, 0.3) is 0 Å². The Morgan fingerprint density at radius 3 is 2.58 bits per heavy atom. The fourth-order valence-electron chi connectivity index (χ4n) is 3.63. The van der Waals surface area contributed by atoms with Crippen molar-refractivity contribution in [1.82, 2.24) is 15.6 Å². The van der Waals surface area contributed by atoms with E-state index in [2.05, 4.69) is 34.7 Å². The normalized spacial score (nSPS) is 17.9. The number of benzene rings is 2. The van der Waals surface area contributed by atoms with E-state index < -0.39 is 11.6 Å². The van der Waals surface area contributed by atoms with Crippen molar-refractivity contribution in [3.8, 4) is 5.75 Å². The number of hydrogen-bond acceptors (Lipinski definition) is 5. The van der Waals surface area contributed by atoms with Gasteiger partial charge in [-0.05, 0) is 49.2 Å². The van der Waals surface area contributed by atoms with Gasteiger partial charge in [-0.1, -0.05) is 48.5 Å². The number of pyridine rings is 1. The van der Waals surface area contributed by atoms with Crippen LogP contribution >= 0.6 is 11.8 Å². The fourth-order valence-corrected chi connectivity index (χ4v) is 4.63. The highest BCUT2D eigenvalue weighted by molar-refractivity contribution is 7.99. The van der Waals surface area contributed by atoms with Crippen molar-refractivity contribution < 1.29 is 14.3 Å². The third-order valence-electron chi connectivity index (χ3n) is 5.26. The summed E-state index contributed by atoms with van der Waals surface area (Å²) >= 11 is 1.49. The highest BCUT2D eigenvalue weighted by Gasteiger charge is 2.47. The average Bonchev–Trinajstić information content (AvgIpc) is 3.07. The predicted molar refractivity (Wildman–Crippen MR) is 119 cm³/mol. The van der Waals surface area contributed by atoms with E-state index in [4.69, 9.17) is 4.74 Å². The van der Waals surface area contributed by atoms with E-state index in [1.807, 2.05) is 43.3 Å². The first-order valence-corrected chi connectivity index (χ1v) is 10.9. The molecule has 3 amide bonds. The van der Waals surface area contributed by atoms with E-state index in [-0.39, 0.29) is 5.91 Å². The van der Waals surface area contributed by atoms with Gasteiger partial charge in [0.1, 0.15) is 17.9 Å². The van der Waals surface area contributed by atoms with E-state index in [9.17, 15) is 9.59 Å². The number of rotatable bonds is 7. The highest BCUT2D eigenvalue weighted by atomic mass is 32.2. The predicted octanol–water partition coefficient (Wildman–Crippen LogP) is 4.56. The van der Waals surface area contributed by atoms with Crippen LogP contribution in [0.1, 0.15) is 30.0 Å². The van der Waals surface area contributed by atoms with Gasteiger partial charge in [0.2, 0.25) is 0 Å². The summed E-state index contributed by atoms with van der Waals surface area (Å²) in [7, 11) is 0. The minimum Gasteiger partial charge on any atom is -0.489 e. The molecule has 1 unspecified atom stereocenters. The second-order valence-corrected chi connectivity index (χ2v) is 8.51. The Balaban J connectivity index is 1.50. The Hall–Kier alpha value is -3.32. The Bertz CT molecular complexity index is 1120. The summed E-state index contributed by atoms with van der Waals surface area (Å²) in [5.74, 6) is 0.442. The number of amides is 3. The molecule has 1 atom stereocenters. The smallest absolute Gasteiger partial charge is 0.322 e. The van der Waals surface area contributed by atoms with Crippen molar-refractivity contribution in [2.75, 3.05) is 0 Å². The molecule has 1 fully saturated rings.